The van der Waals surface area contributed by atoms with Gasteiger partial charge in [-0.15, -0.1) is 24.0 Å². The SMILES string of the molecule is CN=C(NCCc1ccc(OC)c(OC)c1)NCCS(=O)(=O)NCC1CCC1.I. The minimum atomic E-state index is -3.26. The normalized spacial score (nSPS) is 14.5. The summed E-state index contributed by atoms with van der Waals surface area (Å²) in [4.78, 5) is 4.13. The largest absolute Gasteiger partial charge is 0.493 e. The average molecular weight is 540 g/mol. The lowest BCUT2D eigenvalue weighted by atomic mass is 9.86. The smallest absolute Gasteiger partial charge is 0.213 e. The highest BCUT2D eigenvalue weighted by Gasteiger charge is 2.20. The van der Waals surface area contributed by atoms with E-state index < -0.39 is 10.0 Å². The average Bonchev–Trinajstić information content (AvgIpc) is 2.65. The van der Waals surface area contributed by atoms with Crippen LogP contribution in [0.1, 0.15) is 24.8 Å². The van der Waals surface area contributed by atoms with E-state index in [2.05, 4.69) is 20.3 Å². The van der Waals surface area contributed by atoms with Gasteiger partial charge in [0.05, 0.1) is 20.0 Å². The number of nitrogens with one attached hydrogen (secondary N) is 3. The molecule has 0 radical (unpaired) electrons. The van der Waals surface area contributed by atoms with Crippen LogP contribution in [0.5, 0.6) is 11.5 Å². The lowest BCUT2D eigenvalue weighted by Gasteiger charge is -2.25. The van der Waals surface area contributed by atoms with E-state index in [0.29, 0.717) is 43.0 Å². The minimum Gasteiger partial charge on any atom is -0.493 e. The quantitative estimate of drug-likeness (QED) is 0.225. The van der Waals surface area contributed by atoms with Crippen LogP contribution in [-0.2, 0) is 16.4 Å². The third-order valence-electron chi connectivity index (χ3n) is 4.86. The van der Waals surface area contributed by atoms with Crippen LogP contribution in [-0.4, -0.2) is 61.0 Å². The zero-order valence-electron chi connectivity index (χ0n) is 17.4. The minimum absolute atomic E-state index is 0. The number of aliphatic imine (C=N–C) groups is 1. The predicted octanol–water partition coefficient (Wildman–Crippen LogP) is 1.75. The summed E-state index contributed by atoms with van der Waals surface area (Å²) in [5, 5.41) is 6.23. The Balaban J connectivity index is 0.00000420. The Bertz CT molecular complexity index is 755. The van der Waals surface area contributed by atoms with Crippen molar-refractivity contribution in [3.05, 3.63) is 23.8 Å². The lowest BCUT2D eigenvalue weighted by Crippen LogP contribution is -2.42. The van der Waals surface area contributed by atoms with Crippen LogP contribution in [0.4, 0.5) is 0 Å². The van der Waals surface area contributed by atoms with Crippen LogP contribution in [0.25, 0.3) is 0 Å². The Kier molecular flexibility index (Phi) is 11.7. The van der Waals surface area contributed by atoms with Gasteiger partial charge in [-0.2, -0.15) is 0 Å². The maximum Gasteiger partial charge on any atom is 0.213 e. The van der Waals surface area contributed by atoms with Crippen molar-refractivity contribution >= 4 is 40.0 Å². The van der Waals surface area contributed by atoms with Crippen molar-refractivity contribution in [3.63, 3.8) is 0 Å². The number of guanidine groups is 1. The number of nitrogens with zero attached hydrogens (tertiary/aromatic N) is 1. The number of ether oxygens (including phenoxy) is 2. The van der Waals surface area contributed by atoms with Gasteiger partial charge in [-0.1, -0.05) is 12.5 Å². The number of hydrogen-bond acceptors (Lipinski definition) is 5. The van der Waals surface area contributed by atoms with Crippen molar-refractivity contribution in [1.29, 1.82) is 0 Å². The number of hydrogen-bond donors (Lipinski definition) is 3. The van der Waals surface area contributed by atoms with Crippen LogP contribution >= 0.6 is 24.0 Å². The van der Waals surface area contributed by atoms with Gasteiger partial charge in [0.15, 0.2) is 17.5 Å². The molecular weight excluding hydrogens is 507 g/mol. The Hall–Kier alpha value is -1.27. The van der Waals surface area contributed by atoms with Crippen molar-refractivity contribution in [2.75, 3.05) is 46.7 Å². The molecule has 0 saturated heterocycles. The van der Waals surface area contributed by atoms with E-state index in [1.165, 1.54) is 6.42 Å². The predicted molar refractivity (Wildman–Crippen MR) is 127 cm³/mol. The fourth-order valence-corrected chi connectivity index (χ4v) is 3.90. The molecule has 1 aliphatic carbocycles. The van der Waals surface area contributed by atoms with Gasteiger partial charge >= 0.3 is 0 Å². The summed E-state index contributed by atoms with van der Waals surface area (Å²) in [6, 6.07) is 5.80. The molecule has 0 aliphatic heterocycles. The highest BCUT2D eigenvalue weighted by molar-refractivity contribution is 14.0. The molecule has 3 N–H and O–H groups in total. The molecule has 166 valence electrons. The molecule has 1 fully saturated rings. The first-order valence-corrected chi connectivity index (χ1v) is 11.3. The van der Waals surface area contributed by atoms with Crippen molar-refractivity contribution in [3.8, 4) is 11.5 Å². The van der Waals surface area contributed by atoms with Gasteiger partial charge in [-0.25, -0.2) is 13.1 Å². The van der Waals surface area contributed by atoms with E-state index in [4.69, 9.17) is 9.47 Å². The van der Waals surface area contributed by atoms with Crippen LogP contribution in [0.3, 0.4) is 0 Å². The molecule has 1 aromatic rings. The van der Waals surface area contributed by atoms with E-state index in [1.807, 2.05) is 18.2 Å². The monoisotopic (exact) mass is 540 g/mol. The molecule has 0 heterocycles. The second-order valence-corrected chi connectivity index (χ2v) is 8.76. The van der Waals surface area contributed by atoms with Crippen LogP contribution < -0.4 is 24.8 Å². The maximum absolute atomic E-state index is 12.0. The van der Waals surface area contributed by atoms with Crippen LogP contribution in [0.15, 0.2) is 23.2 Å². The van der Waals surface area contributed by atoms with E-state index in [-0.39, 0.29) is 29.7 Å². The number of methoxy groups -OCH3 is 2. The highest BCUT2D eigenvalue weighted by atomic mass is 127. The standard InChI is InChI=1S/C19H32N4O4S.HI/c1-20-19(22-11-12-28(24,25)23-14-16-5-4-6-16)21-10-9-15-7-8-17(26-2)18(13-15)27-3;/h7-8,13,16,23H,4-6,9-12,14H2,1-3H3,(H2,20,21,22);1H. The summed E-state index contributed by atoms with van der Waals surface area (Å²) in [5.41, 5.74) is 1.10. The number of rotatable bonds is 11. The third-order valence-corrected chi connectivity index (χ3v) is 6.21. The molecule has 1 saturated carbocycles. The summed E-state index contributed by atoms with van der Waals surface area (Å²) in [7, 11) is 1.63. The molecular formula is C19H33IN4O4S. The molecule has 0 amide bonds. The molecule has 0 bridgehead atoms. The summed E-state index contributed by atoms with van der Waals surface area (Å²) in [6.45, 7) is 1.51. The summed E-state index contributed by atoms with van der Waals surface area (Å²) in [5.74, 6) is 2.50. The topological polar surface area (TPSA) is 101 Å². The summed E-state index contributed by atoms with van der Waals surface area (Å²) < 4.78 is 37.3. The Labute approximate surface area is 191 Å². The Morgan fingerprint density at radius 2 is 1.83 bits per heavy atom. The lowest BCUT2D eigenvalue weighted by molar-refractivity contribution is 0.316. The number of sulfonamides is 1. The van der Waals surface area contributed by atoms with E-state index in [1.54, 1.807) is 21.3 Å². The molecule has 1 aromatic carbocycles. The third kappa shape index (κ3) is 8.95. The van der Waals surface area contributed by atoms with E-state index in [0.717, 1.165) is 24.8 Å². The van der Waals surface area contributed by atoms with Crippen molar-refractivity contribution in [2.45, 2.75) is 25.7 Å². The van der Waals surface area contributed by atoms with Crippen LogP contribution in [0.2, 0.25) is 0 Å². The van der Waals surface area contributed by atoms with Gasteiger partial charge < -0.3 is 20.1 Å². The van der Waals surface area contributed by atoms with Crippen molar-refractivity contribution in [2.24, 2.45) is 10.9 Å². The molecule has 1 aliphatic rings. The second kappa shape index (κ2) is 13.1. The Morgan fingerprint density at radius 1 is 1.14 bits per heavy atom. The molecule has 0 spiro atoms. The van der Waals surface area contributed by atoms with Gasteiger partial charge in [0.25, 0.3) is 0 Å². The highest BCUT2D eigenvalue weighted by Crippen LogP contribution is 2.27. The van der Waals surface area contributed by atoms with Crippen molar-refractivity contribution < 1.29 is 17.9 Å². The van der Waals surface area contributed by atoms with E-state index in [9.17, 15) is 8.42 Å². The first-order valence-electron chi connectivity index (χ1n) is 9.60. The van der Waals surface area contributed by atoms with Gasteiger partial charge in [0.2, 0.25) is 10.0 Å². The van der Waals surface area contributed by atoms with Gasteiger partial charge in [-0.05, 0) is 42.9 Å². The van der Waals surface area contributed by atoms with Crippen LogP contribution in [0, 0.1) is 5.92 Å². The molecule has 8 nitrogen and oxygen atoms in total. The number of benzene rings is 1. The fraction of sp³-hybridized carbons (Fsp3) is 0.632. The zero-order valence-corrected chi connectivity index (χ0v) is 20.5. The first kappa shape index (κ1) is 25.8. The molecule has 29 heavy (non-hydrogen) atoms. The summed E-state index contributed by atoms with van der Waals surface area (Å²) in [6.07, 6.45) is 4.22. The number of halogens is 1. The molecule has 10 heteroatoms. The fourth-order valence-electron chi connectivity index (χ4n) is 2.90. The van der Waals surface area contributed by atoms with Crippen molar-refractivity contribution in [1.82, 2.24) is 15.4 Å². The Morgan fingerprint density at radius 3 is 2.41 bits per heavy atom. The zero-order chi connectivity index (χ0) is 20.4. The first-order chi connectivity index (χ1) is 13.5. The van der Waals surface area contributed by atoms with Gasteiger partial charge in [-0.3, -0.25) is 4.99 Å². The maximum atomic E-state index is 12.0. The molecule has 0 aromatic heterocycles. The van der Waals surface area contributed by atoms with Gasteiger partial charge in [0.1, 0.15) is 0 Å². The molecule has 0 unspecified atom stereocenters. The van der Waals surface area contributed by atoms with E-state index >= 15 is 0 Å². The summed E-state index contributed by atoms with van der Waals surface area (Å²) >= 11 is 0. The van der Waals surface area contributed by atoms with Gasteiger partial charge in [0, 0.05) is 26.7 Å². The molecule has 0 atom stereocenters. The molecule has 2 rings (SSSR count). The second-order valence-electron chi connectivity index (χ2n) is 6.83.